The molecule has 1 aliphatic heterocycles. The molecule has 1 fully saturated rings. The highest BCUT2D eigenvalue weighted by Gasteiger charge is 2.27. The smallest absolute Gasteiger partial charge is 0.230 e. The molecule has 1 atom stereocenters. The average molecular weight is 393 g/mol. The monoisotopic (exact) mass is 393 g/mol. The molecule has 0 bridgehead atoms. The molecule has 4 rings (SSSR count). The number of hydrogen-bond donors (Lipinski definition) is 0. The summed E-state index contributed by atoms with van der Waals surface area (Å²) in [5, 5.41) is 0. The molecule has 152 valence electrons. The lowest BCUT2D eigenvalue weighted by molar-refractivity contribution is 0.135. The summed E-state index contributed by atoms with van der Waals surface area (Å²) >= 11 is 0. The van der Waals surface area contributed by atoms with Crippen LogP contribution in [0.5, 0.6) is 11.5 Å². The van der Waals surface area contributed by atoms with Crippen LogP contribution in [-0.4, -0.2) is 35.6 Å². The van der Waals surface area contributed by atoms with E-state index in [9.17, 15) is 0 Å². The normalized spacial score (nSPS) is 17.3. The summed E-state index contributed by atoms with van der Waals surface area (Å²) in [4.78, 5) is 11.9. The van der Waals surface area contributed by atoms with E-state index in [0.717, 1.165) is 48.0 Å². The van der Waals surface area contributed by atoms with Gasteiger partial charge in [0, 0.05) is 12.7 Å². The number of rotatable bonds is 6. The summed E-state index contributed by atoms with van der Waals surface area (Å²) in [6, 6.07) is 12.1. The van der Waals surface area contributed by atoms with E-state index in [0.29, 0.717) is 17.7 Å². The standard InChI is InChI=1S/C23H27N3O3/c1-16-20(15-26-13-7-5-9-21(26)19-8-4-6-12-24-19)25-23(29-16)18-14-17(27-2)10-11-22(18)28-3/h4,6,8,10-12,14,21H,5,7,9,13,15H2,1-3H3. The molecule has 1 aliphatic rings. The minimum Gasteiger partial charge on any atom is -0.497 e. The molecule has 0 saturated carbocycles. The van der Waals surface area contributed by atoms with Crippen molar-refractivity contribution in [2.75, 3.05) is 20.8 Å². The Labute approximate surface area is 171 Å². The van der Waals surface area contributed by atoms with Crippen LogP contribution in [0, 0.1) is 6.92 Å². The molecular formula is C23H27N3O3. The van der Waals surface area contributed by atoms with E-state index >= 15 is 0 Å². The first kappa shape index (κ1) is 19.5. The number of ether oxygens (including phenoxy) is 2. The van der Waals surface area contributed by atoms with Crippen molar-refractivity contribution in [2.24, 2.45) is 0 Å². The summed E-state index contributed by atoms with van der Waals surface area (Å²) < 4.78 is 16.9. The third kappa shape index (κ3) is 4.12. The quantitative estimate of drug-likeness (QED) is 0.600. The number of methoxy groups -OCH3 is 2. The highest BCUT2D eigenvalue weighted by molar-refractivity contribution is 5.65. The van der Waals surface area contributed by atoms with E-state index in [-0.39, 0.29) is 0 Å². The highest BCUT2D eigenvalue weighted by atomic mass is 16.5. The summed E-state index contributed by atoms with van der Waals surface area (Å²) in [6.07, 6.45) is 5.40. The molecule has 6 nitrogen and oxygen atoms in total. The van der Waals surface area contributed by atoms with Crippen molar-refractivity contribution in [1.29, 1.82) is 0 Å². The van der Waals surface area contributed by atoms with Gasteiger partial charge in [0.2, 0.25) is 5.89 Å². The van der Waals surface area contributed by atoms with Gasteiger partial charge in [-0.2, -0.15) is 0 Å². The van der Waals surface area contributed by atoms with Crippen molar-refractivity contribution >= 4 is 0 Å². The summed E-state index contributed by atoms with van der Waals surface area (Å²) in [7, 11) is 3.29. The second-order valence-corrected chi connectivity index (χ2v) is 7.32. The number of benzene rings is 1. The minimum absolute atomic E-state index is 0.316. The SMILES string of the molecule is COc1ccc(OC)c(-c2nc(CN3CCCCC3c3ccccn3)c(C)o2)c1. The maximum atomic E-state index is 6.04. The fourth-order valence-electron chi connectivity index (χ4n) is 3.95. The van der Waals surface area contributed by atoms with E-state index in [4.69, 9.17) is 18.9 Å². The van der Waals surface area contributed by atoms with Gasteiger partial charge < -0.3 is 13.9 Å². The van der Waals surface area contributed by atoms with Gasteiger partial charge in [-0.3, -0.25) is 9.88 Å². The van der Waals surface area contributed by atoms with Crippen molar-refractivity contribution in [2.45, 2.75) is 38.8 Å². The minimum atomic E-state index is 0.316. The van der Waals surface area contributed by atoms with Crippen LogP contribution in [0.25, 0.3) is 11.5 Å². The van der Waals surface area contributed by atoms with Gasteiger partial charge in [0.05, 0.1) is 37.2 Å². The van der Waals surface area contributed by atoms with Gasteiger partial charge in [0.1, 0.15) is 17.3 Å². The van der Waals surface area contributed by atoms with Crippen molar-refractivity contribution < 1.29 is 13.9 Å². The zero-order chi connectivity index (χ0) is 20.2. The molecule has 0 amide bonds. The number of aryl methyl sites for hydroxylation is 1. The molecule has 0 spiro atoms. The lowest BCUT2D eigenvalue weighted by Crippen LogP contribution is -2.33. The fraction of sp³-hybridized carbons (Fsp3) is 0.391. The molecular weight excluding hydrogens is 366 g/mol. The average Bonchev–Trinajstić information content (AvgIpc) is 3.14. The van der Waals surface area contributed by atoms with E-state index in [1.165, 1.54) is 12.8 Å². The highest BCUT2D eigenvalue weighted by Crippen LogP contribution is 2.35. The summed E-state index contributed by atoms with van der Waals surface area (Å²) in [5.74, 6) is 2.84. The van der Waals surface area contributed by atoms with Crippen molar-refractivity contribution in [3.63, 3.8) is 0 Å². The molecule has 6 heteroatoms. The number of likely N-dealkylation sites (tertiary alicyclic amines) is 1. The van der Waals surface area contributed by atoms with Gasteiger partial charge in [-0.25, -0.2) is 4.98 Å². The fourth-order valence-corrected chi connectivity index (χ4v) is 3.95. The lowest BCUT2D eigenvalue weighted by atomic mass is 9.98. The van der Waals surface area contributed by atoms with Gasteiger partial charge >= 0.3 is 0 Å². The number of hydrogen-bond acceptors (Lipinski definition) is 6. The molecule has 3 aromatic rings. The van der Waals surface area contributed by atoms with E-state index in [2.05, 4.69) is 22.0 Å². The molecule has 0 aliphatic carbocycles. The molecule has 0 N–H and O–H groups in total. The maximum Gasteiger partial charge on any atom is 0.230 e. The zero-order valence-corrected chi connectivity index (χ0v) is 17.2. The van der Waals surface area contributed by atoms with Gasteiger partial charge in [-0.15, -0.1) is 0 Å². The van der Waals surface area contributed by atoms with Gasteiger partial charge in [0.15, 0.2) is 0 Å². The van der Waals surface area contributed by atoms with Gasteiger partial charge in [0.25, 0.3) is 0 Å². The van der Waals surface area contributed by atoms with Crippen molar-refractivity contribution in [1.82, 2.24) is 14.9 Å². The molecule has 0 radical (unpaired) electrons. The first-order valence-corrected chi connectivity index (χ1v) is 10.0. The van der Waals surface area contributed by atoms with E-state index in [1.807, 2.05) is 37.4 Å². The number of oxazole rings is 1. The summed E-state index contributed by atoms with van der Waals surface area (Å²) in [6.45, 7) is 3.74. The second kappa shape index (κ2) is 8.66. The Hall–Kier alpha value is -2.86. The van der Waals surface area contributed by atoms with E-state index in [1.54, 1.807) is 14.2 Å². The Morgan fingerprint density at radius 2 is 2.03 bits per heavy atom. The molecule has 1 unspecified atom stereocenters. The van der Waals surface area contributed by atoms with Crippen LogP contribution in [0.2, 0.25) is 0 Å². The zero-order valence-electron chi connectivity index (χ0n) is 17.2. The molecule has 29 heavy (non-hydrogen) atoms. The van der Waals surface area contributed by atoms with Gasteiger partial charge in [-0.1, -0.05) is 12.5 Å². The first-order valence-electron chi connectivity index (χ1n) is 10.0. The lowest BCUT2D eigenvalue weighted by Gasteiger charge is -2.34. The van der Waals surface area contributed by atoms with Crippen LogP contribution in [0.4, 0.5) is 0 Å². The van der Waals surface area contributed by atoms with Crippen LogP contribution in [-0.2, 0) is 6.54 Å². The Kier molecular flexibility index (Phi) is 5.81. The summed E-state index contributed by atoms with van der Waals surface area (Å²) in [5.41, 5.74) is 2.87. The Morgan fingerprint density at radius 3 is 2.79 bits per heavy atom. The van der Waals surface area contributed by atoms with Crippen LogP contribution >= 0.6 is 0 Å². The first-order chi connectivity index (χ1) is 14.2. The second-order valence-electron chi connectivity index (χ2n) is 7.32. The van der Waals surface area contributed by atoms with Crippen LogP contribution in [0.1, 0.15) is 42.5 Å². The predicted molar refractivity (Wildman–Crippen MR) is 111 cm³/mol. The molecule has 2 aromatic heterocycles. The predicted octanol–water partition coefficient (Wildman–Crippen LogP) is 4.79. The molecule has 1 saturated heterocycles. The Balaban J connectivity index is 1.61. The maximum absolute atomic E-state index is 6.04. The van der Waals surface area contributed by atoms with Crippen LogP contribution in [0.3, 0.4) is 0 Å². The van der Waals surface area contributed by atoms with Gasteiger partial charge in [-0.05, 0) is 56.6 Å². The van der Waals surface area contributed by atoms with E-state index < -0.39 is 0 Å². The van der Waals surface area contributed by atoms with Crippen LogP contribution < -0.4 is 9.47 Å². The topological polar surface area (TPSA) is 60.6 Å². The molecule has 1 aromatic carbocycles. The Bertz CT molecular complexity index is 955. The van der Waals surface area contributed by atoms with Crippen molar-refractivity contribution in [3.05, 3.63) is 59.7 Å². The number of pyridine rings is 1. The third-order valence-corrected chi connectivity index (χ3v) is 5.53. The van der Waals surface area contributed by atoms with Crippen molar-refractivity contribution in [3.8, 4) is 23.0 Å². The third-order valence-electron chi connectivity index (χ3n) is 5.53. The van der Waals surface area contributed by atoms with Crippen LogP contribution in [0.15, 0.2) is 47.0 Å². The largest absolute Gasteiger partial charge is 0.497 e. The molecule has 3 heterocycles. The number of nitrogens with zero attached hydrogens (tertiary/aromatic N) is 3. The Morgan fingerprint density at radius 1 is 1.14 bits per heavy atom. The number of piperidine rings is 1. The number of aromatic nitrogens is 2.